The predicted octanol–water partition coefficient (Wildman–Crippen LogP) is 4.94. The van der Waals surface area contributed by atoms with Gasteiger partial charge in [0.1, 0.15) is 16.5 Å². The molecule has 2 saturated carbocycles. The Kier molecular flexibility index (Phi) is 4.97. The summed E-state index contributed by atoms with van der Waals surface area (Å²) in [5.74, 6) is 1.77. The van der Waals surface area contributed by atoms with Gasteiger partial charge in [-0.25, -0.2) is 4.98 Å². The summed E-state index contributed by atoms with van der Waals surface area (Å²) in [4.78, 5) is 38.9. The van der Waals surface area contributed by atoms with E-state index in [1.54, 1.807) is 6.20 Å². The molecule has 7 rings (SSSR count). The van der Waals surface area contributed by atoms with E-state index >= 15 is 0 Å². The minimum Gasteiger partial charge on any atom is -0.342 e. The number of aliphatic imine (C=N–C) groups is 1. The number of hydrogen-bond acceptors (Lipinski definition) is 4. The van der Waals surface area contributed by atoms with Crippen molar-refractivity contribution >= 4 is 40.0 Å². The van der Waals surface area contributed by atoms with E-state index in [9.17, 15) is 9.59 Å². The molecule has 1 spiro atoms. The predicted molar refractivity (Wildman–Crippen MR) is 140 cm³/mol. The summed E-state index contributed by atoms with van der Waals surface area (Å²) in [6, 6.07) is 16.5. The minimum atomic E-state index is -0.540. The summed E-state index contributed by atoms with van der Waals surface area (Å²) in [6.45, 7) is 2.19. The lowest BCUT2D eigenvalue weighted by molar-refractivity contribution is -0.131. The van der Waals surface area contributed by atoms with Crippen LogP contribution in [0.15, 0.2) is 59.7 Å². The third-order valence-electron chi connectivity index (χ3n) is 8.10. The van der Waals surface area contributed by atoms with E-state index in [1.807, 2.05) is 21.9 Å². The molecular formula is C29H27ClN4O2. The maximum absolute atomic E-state index is 13.3. The van der Waals surface area contributed by atoms with Gasteiger partial charge in [0.05, 0.1) is 0 Å². The van der Waals surface area contributed by atoms with Gasteiger partial charge in [0.2, 0.25) is 5.91 Å². The Bertz CT molecular complexity index is 1420. The lowest BCUT2D eigenvalue weighted by Crippen LogP contribution is -2.40. The number of likely N-dealkylation sites (tertiary alicyclic amines) is 1. The summed E-state index contributed by atoms with van der Waals surface area (Å²) in [5, 5.41) is 2.50. The summed E-state index contributed by atoms with van der Waals surface area (Å²) in [7, 11) is 0. The van der Waals surface area contributed by atoms with Gasteiger partial charge in [-0.05, 0) is 66.7 Å². The van der Waals surface area contributed by atoms with Gasteiger partial charge >= 0.3 is 0 Å². The molecule has 4 aliphatic rings. The van der Waals surface area contributed by atoms with Gasteiger partial charge in [0, 0.05) is 42.7 Å². The Morgan fingerprint density at radius 2 is 1.75 bits per heavy atom. The second kappa shape index (κ2) is 8.13. The highest BCUT2D eigenvalue weighted by Crippen LogP contribution is 2.46. The van der Waals surface area contributed by atoms with Crippen molar-refractivity contribution in [3.8, 4) is 11.1 Å². The molecule has 6 nitrogen and oxygen atoms in total. The van der Waals surface area contributed by atoms with Gasteiger partial charge in [-0.15, -0.1) is 0 Å². The van der Waals surface area contributed by atoms with Crippen molar-refractivity contribution in [3.63, 3.8) is 0 Å². The zero-order valence-electron chi connectivity index (χ0n) is 20.0. The monoisotopic (exact) mass is 498 g/mol. The first kappa shape index (κ1) is 22.0. The molecule has 0 radical (unpaired) electrons. The molecule has 2 amide bonds. The van der Waals surface area contributed by atoms with Crippen LogP contribution in [0.25, 0.3) is 21.9 Å². The van der Waals surface area contributed by atoms with Crippen LogP contribution in [0.5, 0.6) is 0 Å². The minimum absolute atomic E-state index is 0.133. The summed E-state index contributed by atoms with van der Waals surface area (Å²) < 4.78 is 0. The molecule has 2 aliphatic heterocycles. The zero-order valence-corrected chi connectivity index (χ0v) is 20.7. The first-order valence-corrected chi connectivity index (χ1v) is 13.2. The number of aromatic nitrogens is 1. The maximum atomic E-state index is 13.3. The maximum Gasteiger partial charge on any atom is 0.256 e. The molecule has 182 valence electrons. The molecule has 0 N–H and O–H groups in total. The first-order chi connectivity index (χ1) is 17.5. The number of benzene rings is 2. The van der Waals surface area contributed by atoms with Crippen molar-refractivity contribution in [1.29, 1.82) is 0 Å². The molecule has 3 heterocycles. The summed E-state index contributed by atoms with van der Waals surface area (Å²) in [6.07, 6.45) is 6.39. The van der Waals surface area contributed by atoms with Crippen molar-refractivity contribution in [1.82, 2.24) is 14.8 Å². The molecule has 7 heteroatoms. The molecule has 36 heavy (non-hydrogen) atoms. The third-order valence-corrected chi connectivity index (χ3v) is 8.40. The molecular weight excluding hydrogens is 472 g/mol. The highest BCUT2D eigenvalue weighted by molar-refractivity contribution is 6.34. The average Bonchev–Trinajstić information content (AvgIpc) is 3.82. The van der Waals surface area contributed by atoms with Gasteiger partial charge in [-0.3, -0.25) is 19.5 Å². The molecule has 1 unspecified atom stereocenters. The van der Waals surface area contributed by atoms with E-state index in [4.69, 9.17) is 16.6 Å². The molecule has 1 saturated heterocycles. The van der Waals surface area contributed by atoms with E-state index in [0.29, 0.717) is 23.5 Å². The van der Waals surface area contributed by atoms with E-state index in [-0.39, 0.29) is 11.8 Å². The number of carbonyl (C=O) groups excluding carboxylic acids is 2. The van der Waals surface area contributed by atoms with Crippen molar-refractivity contribution < 1.29 is 9.59 Å². The topological polar surface area (TPSA) is 65.9 Å². The van der Waals surface area contributed by atoms with Gasteiger partial charge in [-0.2, -0.15) is 0 Å². The Balaban J connectivity index is 1.12. The molecule has 0 bridgehead atoms. The van der Waals surface area contributed by atoms with Crippen LogP contribution in [0.2, 0.25) is 5.15 Å². The van der Waals surface area contributed by atoms with Crippen LogP contribution in [0, 0.1) is 11.8 Å². The van der Waals surface area contributed by atoms with E-state index in [2.05, 4.69) is 41.4 Å². The van der Waals surface area contributed by atoms with Crippen LogP contribution >= 0.6 is 11.6 Å². The third kappa shape index (κ3) is 3.70. The van der Waals surface area contributed by atoms with Crippen LogP contribution < -0.4 is 0 Å². The second-order valence-corrected chi connectivity index (χ2v) is 11.1. The van der Waals surface area contributed by atoms with Crippen molar-refractivity contribution in [2.24, 2.45) is 16.8 Å². The lowest BCUT2D eigenvalue weighted by Gasteiger charge is -2.23. The smallest absolute Gasteiger partial charge is 0.256 e. The number of pyridine rings is 1. The number of fused-ring (bicyclic) bond motifs is 1. The second-order valence-electron chi connectivity index (χ2n) is 10.7. The van der Waals surface area contributed by atoms with Crippen LogP contribution in [0.1, 0.15) is 37.7 Å². The van der Waals surface area contributed by atoms with Gasteiger partial charge in [-0.1, -0.05) is 48.0 Å². The largest absolute Gasteiger partial charge is 0.342 e. The first-order valence-electron chi connectivity index (χ1n) is 12.9. The van der Waals surface area contributed by atoms with Crippen molar-refractivity contribution in [2.45, 2.75) is 37.6 Å². The van der Waals surface area contributed by atoms with Crippen molar-refractivity contribution in [3.05, 3.63) is 65.4 Å². The number of hydrogen-bond donors (Lipinski definition) is 0. The number of amides is 2. The number of carbonyl (C=O) groups is 2. The highest BCUT2D eigenvalue weighted by Gasteiger charge is 2.57. The zero-order chi connectivity index (χ0) is 24.4. The SMILES string of the molecule is O=C(C1CC1)N1CCC(CN2C(=O)C3(CC3)N=C2c2ccc(-c3ccc4c(Cl)nccc4c3)cc2)C1. The van der Waals surface area contributed by atoms with E-state index in [0.717, 1.165) is 78.5 Å². The fourth-order valence-electron chi connectivity index (χ4n) is 5.65. The van der Waals surface area contributed by atoms with Gasteiger partial charge in [0.25, 0.3) is 5.91 Å². The Hall–Kier alpha value is -3.25. The Morgan fingerprint density at radius 3 is 2.50 bits per heavy atom. The summed E-state index contributed by atoms with van der Waals surface area (Å²) in [5.41, 5.74) is 2.62. The van der Waals surface area contributed by atoms with Crippen LogP contribution in [-0.4, -0.2) is 57.6 Å². The van der Waals surface area contributed by atoms with Crippen LogP contribution in [0.4, 0.5) is 0 Å². The Morgan fingerprint density at radius 1 is 1.00 bits per heavy atom. The van der Waals surface area contributed by atoms with Crippen LogP contribution in [0.3, 0.4) is 0 Å². The fourth-order valence-corrected chi connectivity index (χ4v) is 5.88. The van der Waals surface area contributed by atoms with Gasteiger partial charge < -0.3 is 4.90 Å². The summed E-state index contributed by atoms with van der Waals surface area (Å²) >= 11 is 6.23. The average molecular weight is 499 g/mol. The Labute approximate surface area is 215 Å². The number of nitrogens with zero attached hydrogens (tertiary/aromatic N) is 4. The molecule has 3 fully saturated rings. The number of halogens is 1. The highest BCUT2D eigenvalue weighted by atomic mass is 35.5. The van der Waals surface area contributed by atoms with Crippen molar-refractivity contribution in [2.75, 3.05) is 19.6 Å². The van der Waals surface area contributed by atoms with E-state index < -0.39 is 5.54 Å². The number of rotatable bonds is 5. The number of amidine groups is 1. The standard InChI is InChI=1S/C29H27ClN4O2/c30-25-24-8-7-22(15-23(24)9-13-31-25)19-1-3-20(4-2-19)26-32-29(11-12-29)28(36)34(26)17-18-10-14-33(16-18)27(35)21-5-6-21/h1-4,7-9,13,15,18,21H,5-6,10-12,14,16-17H2. The molecule has 3 aromatic rings. The molecule has 1 aromatic heterocycles. The molecule has 2 aromatic carbocycles. The fraction of sp³-hybridized carbons (Fsp3) is 0.379. The molecule has 1 atom stereocenters. The van der Waals surface area contributed by atoms with E-state index in [1.165, 1.54) is 0 Å². The van der Waals surface area contributed by atoms with Gasteiger partial charge in [0.15, 0.2) is 0 Å². The van der Waals surface area contributed by atoms with Crippen LogP contribution in [-0.2, 0) is 9.59 Å². The molecule has 2 aliphatic carbocycles. The normalized spacial score (nSPS) is 22.5. The lowest BCUT2D eigenvalue weighted by atomic mass is 10.0. The quantitative estimate of drug-likeness (QED) is 0.468.